The molecule has 0 bridgehead atoms. The maximum absolute atomic E-state index is 13.0. The van der Waals surface area contributed by atoms with Gasteiger partial charge in [-0.3, -0.25) is 9.78 Å². The average Bonchev–Trinajstić information content (AvgIpc) is 2.79. The van der Waals surface area contributed by atoms with Crippen LogP contribution in [0.5, 0.6) is 0 Å². The number of hydrogen-bond acceptors (Lipinski definition) is 8. The van der Waals surface area contributed by atoms with E-state index in [1.807, 2.05) is 4.90 Å². The third kappa shape index (κ3) is 6.78. The second-order valence-electron chi connectivity index (χ2n) is 7.38. The number of fused-ring (bicyclic) bond motifs is 1. The van der Waals surface area contributed by atoms with Gasteiger partial charge in [-0.1, -0.05) is 0 Å². The van der Waals surface area contributed by atoms with Crippen LogP contribution in [0.4, 0.5) is 29.3 Å². The van der Waals surface area contributed by atoms with Gasteiger partial charge in [0.1, 0.15) is 0 Å². The van der Waals surface area contributed by atoms with Crippen LogP contribution in [0.1, 0.15) is 12.8 Å². The molecule has 2 saturated heterocycles. The highest BCUT2D eigenvalue weighted by Crippen LogP contribution is 2.32. The van der Waals surface area contributed by atoms with Crippen LogP contribution in [0.15, 0.2) is 31.0 Å². The lowest BCUT2D eigenvalue weighted by Crippen LogP contribution is -2.50. The van der Waals surface area contributed by atoms with Crippen molar-refractivity contribution in [3.63, 3.8) is 0 Å². The van der Waals surface area contributed by atoms with Crippen molar-refractivity contribution in [3.05, 3.63) is 36.8 Å². The normalized spacial score (nSPS) is 22.4. The molecule has 14 heteroatoms. The number of carboxylic acids is 1. The minimum Gasteiger partial charge on any atom is -0.475 e. The van der Waals surface area contributed by atoms with Gasteiger partial charge in [-0.05, 0) is 12.8 Å². The third-order valence-electron chi connectivity index (χ3n) is 5.08. The Labute approximate surface area is 185 Å². The van der Waals surface area contributed by atoms with Crippen molar-refractivity contribution < 1.29 is 37.0 Å². The molecule has 0 unspecified atom stereocenters. The van der Waals surface area contributed by atoms with Crippen molar-refractivity contribution in [2.24, 2.45) is 11.8 Å². The molecule has 0 radical (unpaired) electrons. The minimum absolute atomic E-state index is 0.112. The largest absolute Gasteiger partial charge is 0.490 e. The predicted molar refractivity (Wildman–Crippen MR) is 105 cm³/mol. The number of hydrogen-bond donors (Lipinski definition) is 2. The molecule has 4 heterocycles. The Balaban J connectivity index is 0.000000383. The number of carboxylic acid groups (broad SMARTS) is 1. The van der Waals surface area contributed by atoms with Crippen LogP contribution in [-0.2, 0) is 14.3 Å². The molecule has 2 fully saturated rings. The van der Waals surface area contributed by atoms with Crippen molar-refractivity contribution in [2.75, 3.05) is 29.9 Å². The van der Waals surface area contributed by atoms with E-state index >= 15 is 0 Å². The SMILES string of the molecule is O=C(Nc1cnccn1)[C@H]1CO[C@H]2CCN(c3ncc(F)cn3)C[C@H]2C1.O=C(O)C(F)(F)F. The van der Waals surface area contributed by atoms with Gasteiger partial charge in [0, 0.05) is 31.4 Å². The van der Waals surface area contributed by atoms with E-state index in [1.54, 1.807) is 6.20 Å². The Hall–Kier alpha value is -3.42. The van der Waals surface area contributed by atoms with Gasteiger partial charge in [-0.2, -0.15) is 13.2 Å². The summed E-state index contributed by atoms with van der Waals surface area (Å²) in [6.45, 7) is 1.84. The molecule has 2 aromatic rings. The lowest BCUT2D eigenvalue weighted by molar-refractivity contribution is -0.192. The summed E-state index contributed by atoms with van der Waals surface area (Å²) in [5, 5.41) is 9.91. The topological polar surface area (TPSA) is 130 Å². The van der Waals surface area contributed by atoms with Crippen LogP contribution in [0.25, 0.3) is 0 Å². The van der Waals surface area contributed by atoms with E-state index in [4.69, 9.17) is 14.6 Å². The van der Waals surface area contributed by atoms with Gasteiger partial charge in [0.15, 0.2) is 11.6 Å². The summed E-state index contributed by atoms with van der Waals surface area (Å²) in [6, 6.07) is 0. The summed E-state index contributed by atoms with van der Waals surface area (Å²) < 4.78 is 50.7. The second-order valence-corrected chi connectivity index (χ2v) is 7.38. The number of aromatic nitrogens is 4. The molecule has 0 saturated carbocycles. The first-order valence-corrected chi connectivity index (χ1v) is 9.84. The molecule has 1 amide bonds. The highest BCUT2D eigenvalue weighted by Gasteiger charge is 2.39. The molecule has 0 aliphatic carbocycles. The number of ether oxygens (including phenoxy) is 1. The Bertz CT molecular complexity index is 948. The molecular formula is C19H20F4N6O4. The summed E-state index contributed by atoms with van der Waals surface area (Å²) in [4.78, 5) is 39.5. The van der Waals surface area contributed by atoms with Gasteiger partial charge >= 0.3 is 12.1 Å². The zero-order chi connectivity index (χ0) is 24.0. The molecule has 0 aromatic carbocycles. The Morgan fingerprint density at radius 3 is 2.45 bits per heavy atom. The molecule has 10 nitrogen and oxygen atoms in total. The van der Waals surface area contributed by atoms with Crippen LogP contribution >= 0.6 is 0 Å². The van der Waals surface area contributed by atoms with Gasteiger partial charge in [0.05, 0.1) is 37.2 Å². The fourth-order valence-electron chi connectivity index (χ4n) is 3.55. The smallest absolute Gasteiger partial charge is 0.475 e. The van der Waals surface area contributed by atoms with E-state index in [0.717, 1.165) is 13.0 Å². The van der Waals surface area contributed by atoms with Crippen molar-refractivity contribution in [1.82, 2.24) is 19.9 Å². The summed E-state index contributed by atoms with van der Waals surface area (Å²) in [6.07, 6.45) is 3.54. The van der Waals surface area contributed by atoms with E-state index in [9.17, 15) is 22.4 Å². The van der Waals surface area contributed by atoms with Crippen LogP contribution in [0.3, 0.4) is 0 Å². The molecule has 4 rings (SSSR count). The van der Waals surface area contributed by atoms with Crippen molar-refractivity contribution in [1.29, 1.82) is 0 Å². The first-order valence-electron chi connectivity index (χ1n) is 9.84. The summed E-state index contributed by atoms with van der Waals surface area (Å²) in [5.41, 5.74) is 0. The quantitative estimate of drug-likeness (QED) is 0.643. The highest BCUT2D eigenvalue weighted by molar-refractivity contribution is 5.91. The van der Waals surface area contributed by atoms with Gasteiger partial charge in [0.25, 0.3) is 0 Å². The zero-order valence-electron chi connectivity index (χ0n) is 17.1. The molecule has 33 heavy (non-hydrogen) atoms. The van der Waals surface area contributed by atoms with Crippen LogP contribution in [-0.4, -0.2) is 68.9 Å². The summed E-state index contributed by atoms with van der Waals surface area (Å²) in [7, 11) is 0. The Morgan fingerprint density at radius 2 is 1.85 bits per heavy atom. The number of anilines is 2. The average molecular weight is 472 g/mol. The lowest BCUT2D eigenvalue weighted by atomic mass is 9.83. The number of alkyl halides is 3. The van der Waals surface area contributed by atoms with E-state index in [0.29, 0.717) is 31.3 Å². The van der Waals surface area contributed by atoms with Crippen LogP contribution < -0.4 is 10.2 Å². The fourth-order valence-corrected chi connectivity index (χ4v) is 3.55. The van der Waals surface area contributed by atoms with Crippen LogP contribution in [0, 0.1) is 17.7 Å². The first kappa shape index (κ1) is 24.2. The number of rotatable bonds is 3. The van der Waals surface area contributed by atoms with Crippen molar-refractivity contribution in [2.45, 2.75) is 25.1 Å². The summed E-state index contributed by atoms with van der Waals surface area (Å²) in [5.74, 6) is -2.42. The predicted octanol–water partition coefficient (Wildman–Crippen LogP) is 1.91. The molecule has 2 aliphatic rings. The van der Waals surface area contributed by atoms with E-state index in [-0.39, 0.29) is 23.8 Å². The Kier molecular flexibility index (Phi) is 7.68. The number of piperidine rings is 1. The number of nitrogens with zero attached hydrogens (tertiary/aromatic N) is 5. The van der Waals surface area contributed by atoms with E-state index < -0.39 is 18.0 Å². The fraction of sp³-hybridized carbons (Fsp3) is 0.474. The highest BCUT2D eigenvalue weighted by atomic mass is 19.4. The standard InChI is InChI=1S/C17H19FN6O2.C2HF3O2/c18-13-6-21-17(22-7-13)24-4-1-14-11(9-24)5-12(10-26-14)16(25)23-15-8-19-2-3-20-15;3-2(4,5)1(6)7/h2-3,6-8,11-12,14H,1,4-5,9-10H2,(H,20,23,25);(H,6,7)/t11-,12-,14+;/m1./s1. The van der Waals surface area contributed by atoms with E-state index in [2.05, 4.69) is 25.3 Å². The maximum Gasteiger partial charge on any atom is 0.490 e. The third-order valence-corrected chi connectivity index (χ3v) is 5.08. The number of nitrogens with one attached hydrogen (secondary N) is 1. The van der Waals surface area contributed by atoms with E-state index in [1.165, 1.54) is 24.8 Å². The number of amides is 1. The van der Waals surface area contributed by atoms with Gasteiger partial charge < -0.3 is 20.1 Å². The van der Waals surface area contributed by atoms with Gasteiger partial charge in [-0.15, -0.1) is 0 Å². The summed E-state index contributed by atoms with van der Waals surface area (Å²) >= 11 is 0. The lowest BCUT2D eigenvalue weighted by Gasteiger charge is -2.43. The van der Waals surface area contributed by atoms with Gasteiger partial charge in [0.2, 0.25) is 11.9 Å². The van der Waals surface area contributed by atoms with Gasteiger partial charge in [-0.25, -0.2) is 24.1 Å². The van der Waals surface area contributed by atoms with Crippen molar-refractivity contribution >= 4 is 23.6 Å². The number of carbonyl (C=O) groups is 2. The molecule has 2 N–H and O–H groups in total. The monoisotopic (exact) mass is 472 g/mol. The minimum atomic E-state index is -5.08. The Morgan fingerprint density at radius 1 is 1.15 bits per heavy atom. The van der Waals surface area contributed by atoms with Crippen molar-refractivity contribution in [3.8, 4) is 0 Å². The first-order chi connectivity index (χ1) is 15.6. The maximum atomic E-state index is 13.0. The van der Waals surface area contributed by atoms with Crippen LogP contribution in [0.2, 0.25) is 0 Å². The molecule has 3 atom stereocenters. The second kappa shape index (κ2) is 10.5. The molecule has 0 spiro atoms. The number of halogens is 4. The molecule has 2 aliphatic heterocycles. The molecular weight excluding hydrogens is 452 g/mol. The number of carbonyl (C=O) groups excluding carboxylic acids is 1. The zero-order valence-corrected chi connectivity index (χ0v) is 17.1. The molecule has 2 aromatic heterocycles. The molecule has 178 valence electrons. The number of aliphatic carboxylic acids is 1.